The first-order valence-corrected chi connectivity index (χ1v) is 7.92. The summed E-state index contributed by atoms with van der Waals surface area (Å²) in [5.41, 5.74) is 0. The summed E-state index contributed by atoms with van der Waals surface area (Å²) in [6.07, 6.45) is -35.0. The second-order valence-electron chi connectivity index (χ2n) is 5.67. The van der Waals surface area contributed by atoms with Crippen LogP contribution >= 0.6 is 0 Å². The van der Waals surface area contributed by atoms with Crippen LogP contribution in [0.1, 0.15) is 0 Å². The van der Waals surface area contributed by atoms with Crippen LogP contribution in [0.2, 0.25) is 0 Å². The zero-order valence-corrected chi connectivity index (χ0v) is 20.5. The van der Waals surface area contributed by atoms with Gasteiger partial charge < -0.3 is 15.3 Å². The molecule has 231 valence electrons. The second kappa shape index (κ2) is 15.5. The molecule has 0 aliphatic heterocycles. The van der Waals surface area contributed by atoms with Crippen molar-refractivity contribution in [2.24, 2.45) is 0 Å². The predicted octanol–water partition coefficient (Wildman–Crippen LogP) is 6.36. The Hall–Kier alpha value is -2.53. The van der Waals surface area contributed by atoms with Gasteiger partial charge in [0.2, 0.25) is 17.3 Å². The number of alkyl halides is 18. The van der Waals surface area contributed by atoms with Gasteiger partial charge in [0.25, 0.3) is 17.3 Å². The molecule has 0 spiro atoms. The van der Waals surface area contributed by atoms with E-state index in [2.05, 4.69) is 0 Å². The molecule has 0 unspecified atom stereocenters. The third-order valence-corrected chi connectivity index (χ3v) is 2.51. The molecule has 0 rings (SSSR count). The fourth-order valence-electron chi connectivity index (χ4n) is 0.864. The number of carbonyl (C=O) groups is 3. The van der Waals surface area contributed by atoms with E-state index < -0.39 is 89.9 Å². The van der Waals surface area contributed by atoms with Crippen LogP contribution in [0, 0.1) is 0 Å². The van der Waals surface area contributed by atoms with Gasteiger partial charge in [-0.1, -0.05) is 0 Å². The first-order valence-electron chi connectivity index (χ1n) is 7.92. The number of carbonyl (C=O) groups excluding carboxylic acids is 3. The maximum atomic E-state index is 11.4. The van der Waals surface area contributed by atoms with Crippen molar-refractivity contribution in [3.8, 4) is 0 Å². The largest absolute Gasteiger partial charge is 0.504 e. The number of ketones is 3. The first-order chi connectivity index (χ1) is 16.6. The molecule has 0 saturated carbocycles. The Balaban J connectivity index is -0.000000240. The van der Waals surface area contributed by atoms with Crippen LogP contribution in [0.25, 0.3) is 0 Å². The zero-order valence-electron chi connectivity index (χ0n) is 17.7. The normalized spacial score (nSPS) is 14.1. The van der Waals surface area contributed by atoms with Gasteiger partial charge >= 0.3 is 37.1 Å². The smallest absolute Gasteiger partial charge is 0.454 e. The number of hydrogen-bond acceptors (Lipinski definition) is 6. The molecule has 0 bridgehead atoms. The summed E-state index contributed by atoms with van der Waals surface area (Å²) in [6.45, 7) is 0. The molecule has 6 nitrogen and oxygen atoms in total. The van der Waals surface area contributed by atoms with Gasteiger partial charge in [0.15, 0.2) is 0 Å². The third-order valence-electron chi connectivity index (χ3n) is 2.51. The van der Waals surface area contributed by atoms with E-state index in [0.29, 0.717) is 0 Å². The third kappa shape index (κ3) is 20.4. The molecule has 0 aromatic carbocycles. The molecule has 0 atom stereocenters. The summed E-state index contributed by atoms with van der Waals surface area (Å²) in [7, 11) is 0. The van der Waals surface area contributed by atoms with Crippen molar-refractivity contribution in [1.82, 2.24) is 0 Å². The van der Waals surface area contributed by atoms with E-state index in [1.165, 1.54) is 0 Å². The Bertz CT molecular complexity index is 834. The number of halogens is 18. The molecule has 0 heterocycles. The Morgan fingerprint density at radius 3 is 0.550 bits per heavy atom. The van der Waals surface area contributed by atoms with E-state index in [1.54, 1.807) is 0 Å². The maximum absolute atomic E-state index is 11.4. The minimum absolute atomic E-state index is 0. The average Bonchev–Trinajstić information content (AvgIpc) is 2.64. The molecule has 3 N–H and O–H groups in total. The van der Waals surface area contributed by atoms with Crippen molar-refractivity contribution in [3.63, 3.8) is 0 Å². The van der Waals surface area contributed by atoms with Crippen LogP contribution in [0.15, 0.2) is 35.5 Å². The number of allylic oxidation sites excluding steroid dienone is 6. The van der Waals surface area contributed by atoms with Gasteiger partial charge in [-0.2, -0.15) is 79.0 Å². The summed E-state index contributed by atoms with van der Waals surface area (Å²) >= 11 is 0. The molecular weight excluding hydrogens is 707 g/mol. The molecular formula is C15H6F18O6Y. The standard InChI is InChI=1S/3C5H2F6O2.Y/c3*6-4(7,8)2(12)1-3(13)5(9,10)11;/h3*1,12H;/b3*2-1-;. The summed E-state index contributed by atoms with van der Waals surface area (Å²) in [4.78, 5) is 29.6. The summed E-state index contributed by atoms with van der Waals surface area (Å²) in [6, 6.07) is 0. The van der Waals surface area contributed by atoms with Gasteiger partial charge in [-0.25, -0.2) is 0 Å². The SMILES string of the molecule is O=C(/C=C(\O)C(F)(F)F)C(F)(F)F.O=C(/C=C(\O)C(F)(F)F)C(F)(F)F.O=C(/C=C(\O)C(F)(F)F)C(F)(F)F.[Y]. The van der Waals surface area contributed by atoms with Crippen molar-refractivity contribution >= 4 is 17.3 Å². The Morgan fingerprint density at radius 2 is 0.475 bits per heavy atom. The Kier molecular flexibility index (Phi) is 17.2. The van der Waals surface area contributed by atoms with Crippen LogP contribution < -0.4 is 0 Å². The quantitative estimate of drug-likeness (QED) is 0.178. The molecule has 0 aliphatic carbocycles. The minimum Gasteiger partial charge on any atom is -0.504 e. The molecule has 1 radical (unpaired) electrons. The molecule has 40 heavy (non-hydrogen) atoms. The van der Waals surface area contributed by atoms with Crippen molar-refractivity contribution in [2.45, 2.75) is 37.1 Å². The van der Waals surface area contributed by atoms with Gasteiger partial charge in [-0.05, 0) is 0 Å². The maximum Gasteiger partial charge on any atom is 0.454 e. The summed E-state index contributed by atoms with van der Waals surface area (Å²) in [5.74, 6) is -16.0. The van der Waals surface area contributed by atoms with E-state index in [9.17, 15) is 93.4 Å². The van der Waals surface area contributed by atoms with Crippen LogP contribution in [0.5, 0.6) is 0 Å². The molecule has 25 heteroatoms. The van der Waals surface area contributed by atoms with E-state index in [0.717, 1.165) is 0 Å². The van der Waals surface area contributed by atoms with Crippen molar-refractivity contribution < 1.29 is 141 Å². The topological polar surface area (TPSA) is 112 Å². The first kappa shape index (κ1) is 44.5. The van der Waals surface area contributed by atoms with E-state index in [4.69, 9.17) is 15.3 Å². The van der Waals surface area contributed by atoms with Crippen LogP contribution in [-0.2, 0) is 47.1 Å². The van der Waals surface area contributed by atoms with Crippen LogP contribution in [0.4, 0.5) is 79.0 Å². The van der Waals surface area contributed by atoms with Crippen LogP contribution in [-0.4, -0.2) is 69.7 Å². The van der Waals surface area contributed by atoms with Gasteiger partial charge in [0.1, 0.15) is 0 Å². The minimum atomic E-state index is -5.42. The van der Waals surface area contributed by atoms with Gasteiger partial charge in [-0.3, -0.25) is 14.4 Å². The molecule has 0 saturated heterocycles. The average molecular weight is 713 g/mol. The molecule has 0 aromatic heterocycles. The van der Waals surface area contributed by atoms with Crippen molar-refractivity contribution in [3.05, 3.63) is 35.5 Å². The second-order valence-corrected chi connectivity index (χ2v) is 5.67. The van der Waals surface area contributed by atoms with E-state index in [1.807, 2.05) is 0 Å². The Labute approximate surface area is 231 Å². The number of aliphatic hydroxyl groups excluding tert-OH is 3. The van der Waals surface area contributed by atoms with Gasteiger partial charge in [0, 0.05) is 50.9 Å². The van der Waals surface area contributed by atoms with E-state index >= 15 is 0 Å². The Morgan fingerprint density at radius 1 is 0.350 bits per heavy atom. The van der Waals surface area contributed by atoms with Crippen molar-refractivity contribution in [1.29, 1.82) is 0 Å². The number of aliphatic hydroxyl groups is 3. The fourth-order valence-corrected chi connectivity index (χ4v) is 0.864. The molecule has 0 fully saturated rings. The number of hydrogen-bond donors (Lipinski definition) is 3. The molecule has 0 aliphatic rings. The summed E-state index contributed by atoms with van der Waals surface area (Å²) < 4.78 is 204. The van der Waals surface area contributed by atoms with Gasteiger partial charge in [-0.15, -0.1) is 0 Å². The zero-order chi connectivity index (χ0) is 32.6. The number of rotatable bonds is 3. The summed E-state index contributed by atoms with van der Waals surface area (Å²) in [5, 5.41) is 23.8. The predicted molar refractivity (Wildman–Crippen MR) is 83.5 cm³/mol. The monoisotopic (exact) mass is 713 g/mol. The fraction of sp³-hybridized carbons (Fsp3) is 0.400. The molecule has 0 amide bonds. The molecule has 0 aromatic rings. The van der Waals surface area contributed by atoms with Gasteiger partial charge in [0.05, 0.1) is 0 Å². The van der Waals surface area contributed by atoms with E-state index in [-0.39, 0.29) is 32.7 Å². The van der Waals surface area contributed by atoms with Crippen molar-refractivity contribution in [2.75, 3.05) is 0 Å². The van der Waals surface area contributed by atoms with Crippen LogP contribution in [0.3, 0.4) is 0 Å².